The Labute approximate surface area is 93.6 Å². The van der Waals surface area contributed by atoms with Crippen molar-refractivity contribution in [3.05, 3.63) is 22.2 Å². The number of hydrogen-bond donors (Lipinski definition) is 1. The van der Waals surface area contributed by atoms with E-state index in [1.165, 1.54) is 0 Å². The predicted octanol–water partition coefficient (Wildman–Crippen LogP) is 2.30. The summed E-state index contributed by atoms with van der Waals surface area (Å²) in [7, 11) is 0. The molecule has 0 spiro atoms. The molecule has 2 rings (SSSR count). The number of aliphatic hydroxyl groups is 1. The highest BCUT2D eigenvalue weighted by Gasteiger charge is 2.21. The smallest absolute Gasteiger partial charge is 0.231 e. The largest absolute Gasteiger partial charge is 0.454 e. The molecule has 1 aromatic rings. The molecule has 0 fully saturated rings. The van der Waals surface area contributed by atoms with Gasteiger partial charge in [0.05, 0.1) is 11.1 Å². The van der Waals surface area contributed by atoms with Crippen molar-refractivity contribution in [2.24, 2.45) is 0 Å². The van der Waals surface area contributed by atoms with Crippen LogP contribution in [0.2, 0.25) is 5.02 Å². The summed E-state index contributed by atoms with van der Waals surface area (Å²) in [5, 5.41) is 9.99. The van der Waals surface area contributed by atoms with Crippen LogP contribution in [-0.4, -0.2) is 18.0 Å². The lowest BCUT2D eigenvalue weighted by Crippen LogP contribution is -2.05. The first-order valence-corrected chi connectivity index (χ1v) is 5.23. The molecule has 0 amide bonds. The van der Waals surface area contributed by atoms with Gasteiger partial charge in [0.2, 0.25) is 6.79 Å². The van der Waals surface area contributed by atoms with Gasteiger partial charge in [0.25, 0.3) is 0 Å². The van der Waals surface area contributed by atoms with E-state index in [2.05, 4.69) is 0 Å². The van der Waals surface area contributed by atoms with Crippen LogP contribution in [-0.2, 0) is 6.42 Å². The van der Waals surface area contributed by atoms with Crippen molar-refractivity contribution in [3.63, 3.8) is 0 Å². The zero-order valence-corrected chi connectivity index (χ0v) is 9.47. The Hall–Kier alpha value is -0.930. The fourth-order valence-electron chi connectivity index (χ4n) is 1.72. The molecule has 0 saturated heterocycles. The summed E-state index contributed by atoms with van der Waals surface area (Å²) in [5.41, 5.74) is 1.77. The van der Waals surface area contributed by atoms with Gasteiger partial charge in [0.15, 0.2) is 11.5 Å². The Balaban J connectivity index is 2.44. The minimum atomic E-state index is -0.415. The normalized spacial score (nSPS) is 15.5. The maximum absolute atomic E-state index is 9.34. The summed E-state index contributed by atoms with van der Waals surface area (Å²) in [6.45, 7) is 3.86. The van der Waals surface area contributed by atoms with E-state index in [1.807, 2.05) is 13.0 Å². The molecule has 0 aliphatic carbocycles. The van der Waals surface area contributed by atoms with Crippen molar-refractivity contribution in [2.75, 3.05) is 6.79 Å². The van der Waals surface area contributed by atoms with Crippen molar-refractivity contribution in [2.45, 2.75) is 26.4 Å². The van der Waals surface area contributed by atoms with Gasteiger partial charge in [0.1, 0.15) is 0 Å². The first kappa shape index (κ1) is 10.6. The highest BCUT2D eigenvalue weighted by atomic mass is 35.5. The van der Waals surface area contributed by atoms with E-state index < -0.39 is 6.10 Å². The maximum Gasteiger partial charge on any atom is 0.231 e. The van der Waals surface area contributed by atoms with Crippen LogP contribution in [0.1, 0.15) is 18.1 Å². The van der Waals surface area contributed by atoms with Crippen molar-refractivity contribution in [1.29, 1.82) is 0 Å². The average Bonchev–Trinajstić information content (AvgIpc) is 2.61. The van der Waals surface area contributed by atoms with Crippen molar-refractivity contribution in [3.8, 4) is 11.5 Å². The molecular weight excluding hydrogens is 216 g/mol. The lowest BCUT2D eigenvalue weighted by molar-refractivity contribution is 0.173. The van der Waals surface area contributed by atoms with E-state index in [0.29, 0.717) is 22.9 Å². The Morgan fingerprint density at radius 1 is 1.53 bits per heavy atom. The highest BCUT2D eigenvalue weighted by molar-refractivity contribution is 6.32. The molecule has 1 aliphatic rings. The van der Waals surface area contributed by atoms with Gasteiger partial charge in [-0.3, -0.25) is 0 Å². The van der Waals surface area contributed by atoms with E-state index >= 15 is 0 Å². The van der Waals surface area contributed by atoms with Gasteiger partial charge in [-0.15, -0.1) is 0 Å². The number of aliphatic hydroxyl groups excluding tert-OH is 1. The van der Waals surface area contributed by atoms with Crippen LogP contribution in [0, 0.1) is 6.92 Å². The van der Waals surface area contributed by atoms with Crippen LogP contribution in [0.3, 0.4) is 0 Å². The Kier molecular flexibility index (Phi) is 2.76. The van der Waals surface area contributed by atoms with E-state index in [-0.39, 0.29) is 6.79 Å². The minimum Gasteiger partial charge on any atom is -0.454 e. The first-order valence-electron chi connectivity index (χ1n) is 4.85. The summed E-state index contributed by atoms with van der Waals surface area (Å²) in [6.07, 6.45) is 0.110. The molecule has 82 valence electrons. The fourth-order valence-corrected chi connectivity index (χ4v) is 1.94. The molecule has 1 unspecified atom stereocenters. The number of fused-ring (bicyclic) bond motifs is 1. The number of hydrogen-bond acceptors (Lipinski definition) is 3. The molecular formula is C11H13ClO3. The van der Waals surface area contributed by atoms with Gasteiger partial charge in [0, 0.05) is 5.56 Å². The molecule has 0 aromatic heterocycles. The Bertz CT molecular complexity index is 388. The standard InChI is InChI=1S/C11H13ClO3/c1-6(13)3-8-4-9-11(15-5-14-9)7(2)10(8)12/h4,6,13H,3,5H2,1-2H3. The molecule has 1 aliphatic heterocycles. The van der Waals surface area contributed by atoms with Gasteiger partial charge in [-0.1, -0.05) is 11.6 Å². The van der Waals surface area contributed by atoms with Crippen LogP contribution in [0.4, 0.5) is 0 Å². The molecule has 0 radical (unpaired) electrons. The van der Waals surface area contributed by atoms with E-state index in [0.717, 1.165) is 11.1 Å². The van der Waals surface area contributed by atoms with Gasteiger partial charge in [-0.25, -0.2) is 0 Å². The Morgan fingerprint density at radius 3 is 2.93 bits per heavy atom. The number of benzene rings is 1. The number of rotatable bonds is 2. The third-order valence-electron chi connectivity index (χ3n) is 2.41. The van der Waals surface area contributed by atoms with Gasteiger partial charge in [-0.2, -0.15) is 0 Å². The van der Waals surface area contributed by atoms with Gasteiger partial charge < -0.3 is 14.6 Å². The lowest BCUT2D eigenvalue weighted by Gasteiger charge is -2.11. The zero-order chi connectivity index (χ0) is 11.0. The highest BCUT2D eigenvalue weighted by Crippen LogP contribution is 2.41. The lowest BCUT2D eigenvalue weighted by atomic mass is 10.0. The molecule has 1 N–H and O–H groups in total. The molecule has 0 saturated carbocycles. The average molecular weight is 229 g/mol. The van der Waals surface area contributed by atoms with Crippen LogP contribution in [0.15, 0.2) is 6.07 Å². The van der Waals surface area contributed by atoms with Gasteiger partial charge >= 0.3 is 0 Å². The zero-order valence-electron chi connectivity index (χ0n) is 8.71. The van der Waals surface area contributed by atoms with Crippen LogP contribution in [0.5, 0.6) is 11.5 Å². The second-order valence-corrected chi connectivity index (χ2v) is 4.14. The third kappa shape index (κ3) is 1.90. The Morgan fingerprint density at radius 2 is 2.27 bits per heavy atom. The fraction of sp³-hybridized carbons (Fsp3) is 0.455. The van der Waals surface area contributed by atoms with E-state index in [4.69, 9.17) is 21.1 Å². The molecule has 15 heavy (non-hydrogen) atoms. The maximum atomic E-state index is 9.34. The summed E-state index contributed by atoms with van der Waals surface area (Å²) in [5.74, 6) is 1.43. The second kappa shape index (κ2) is 3.91. The summed E-state index contributed by atoms with van der Waals surface area (Å²) in [4.78, 5) is 0. The van der Waals surface area contributed by atoms with Gasteiger partial charge in [-0.05, 0) is 31.9 Å². The summed E-state index contributed by atoms with van der Waals surface area (Å²) in [6, 6.07) is 1.84. The van der Waals surface area contributed by atoms with Crippen molar-refractivity contribution in [1.82, 2.24) is 0 Å². The monoisotopic (exact) mass is 228 g/mol. The van der Waals surface area contributed by atoms with Crippen LogP contribution >= 0.6 is 11.6 Å². The summed E-state index contributed by atoms with van der Waals surface area (Å²) >= 11 is 6.17. The second-order valence-electron chi connectivity index (χ2n) is 3.76. The number of halogens is 1. The van der Waals surface area contributed by atoms with Crippen molar-refractivity contribution >= 4 is 11.6 Å². The molecule has 4 heteroatoms. The molecule has 3 nitrogen and oxygen atoms in total. The minimum absolute atomic E-state index is 0.241. The topological polar surface area (TPSA) is 38.7 Å². The molecule has 0 bridgehead atoms. The summed E-state index contributed by atoms with van der Waals surface area (Å²) < 4.78 is 10.6. The SMILES string of the molecule is Cc1c(Cl)c(CC(C)O)cc2c1OCO2. The van der Waals surface area contributed by atoms with Crippen LogP contribution < -0.4 is 9.47 Å². The predicted molar refractivity (Wildman–Crippen MR) is 57.7 cm³/mol. The van der Waals surface area contributed by atoms with Crippen LogP contribution in [0.25, 0.3) is 0 Å². The quantitative estimate of drug-likeness (QED) is 0.844. The first-order chi connectivity index (χ1) is 7.09. The molecule has 1 heterocycles. The van der Waals surface area contributed by atoms with Crippen molar-refractivity contribution < 1.29 is 14.6 Å². The van der Waals surface area contributed by atoms with E-state index in [1.54, 1.807) is 6.92 Å². The number of ether oxygens (including phenoxy) is 2. The molecule has 1 aromatic carbocycles. The third-order valence-corrected chi connectivity index (χ3v) is 2.94. The molecule has 1 atom stereocenters. The van der Waals surface area contributed by atoms with E-state index in [9.17, 15) is 5.11 Å².